The van der Waals surface area contributed by atoms with Crippen LogP contribution in [0, 0.1) is 0 Å². The molecule has 0 atom stereocenters. The molecule has 1 aliphatic heterocycles. The fourth-order valence-corrected chi connectivity index (χ4v) is 7.28. The lowest BCUT2D eigenvalue weighted by atomic mass is 9.81. The molecule has 4 aromatic rings. The number of hydrogen-bond donors (Lipinski definition) is 0. The number of esters is 2. The zero-order valence-electron chi connectivity index (χ0n) is 27.5. The molecular formula is C38H43N3O5. The minimum atomic E-state index is -0.604. The van der Waals surface area contributed by atoms with Gasteiger partial charge in [0, 0.05) is 28.1 Å². The number of benzene rings is 2. The molecule has 2 aromatic carbocycles. The van der Waals surface area contributed by atoms with E-state index in [9.17, 15) is 9.59 Å². The van der Waals surface area contributed by atoms with Crippen molar-refractivity contribution >= 4 is 34.5 Å². The second-order valence-corrected chi connectivity index (χ2v) is 13.8. The van der Waals surface area contributed by atoms with Gasteiger partial charge in [-0.05, 0) is 107 Å². The van der Waals surface area contributed by atoms with Crippen molar-refractivity contribution in [3.8, 4) is 17.0 Å². The van der Waals surface area contributed by atoms with Crippen LogP contribution in [-0.2, 0) is 16.0 Å². The maximum atomic E-state index is 13.5. The summed E-state index contributed by atoms with van der Waals surface area (Å²) in [7, 11) is 1.68. The molecule has 2 aliphatic carbocycles. The number of nitrogens with zero attached hydrogens (tertiary/aromatic N) is 3. The Kier molecular flexibility index (Phi) is 7.78. The smallest absolute Gasteiger partial charge is 0.357 e. The molecule has 0 saturated heterocycles. The molecule has 8 nitrogen and oxygen atoms in total. The van der Waals surface area contributed by atoms with E-state index in [1.807, 2.05) is 50.5 Å². The normalized spacial score (nSPS) is 16.8. The summed E-state index contributed by atoms with van der Waals surface area (Å²) in [5.74, 6) is 0.470. The highest BCUT2D eigenvalue weighted by Gasteiger charge is 2.34. The van der Waals surface area contributed by atoms with Gasteiger partial charge in [0.1, 0.15) is 17.0 Å². The first-order valence-electron chi connectivity index (χ1n) is 16.7. The van der Waals surface area contributed by atoms with E-state index in [2.05, 4.69) is 28.8 Å². The van der Waals surface area contributed by atoms with Crippen molar-refractivity contribution < 1.29 is 23.8 Å². The first-order chi connectivity index (χ1) is 22.2. The minimum absolute atomic E-state index is 0.261. The number of ether oxygens (including phenoxy) is 3. The summed E-state index contributed by atoms with van der Waals surface area (Å²) >= 11 is 0. The summed E-state index contributed by atoms with van der Waals surface area (Å²) in [5, 5.41) is 1.16. The fraction of sp³-hybridized carbons (Fsp3) is 0.447. The lowest BCUT2D eigenvalue weighted by Gasteiger charge is -2.24. The SMILES string of the molecule is CCOC(=O)c1c(C2=Cc3cc(OC)ccc3-c3c(C4CCCCC4)c4ccc(C(=O)OC(C)(C)C)cc4n3C2)ncn1C1CC1. The van der Waals surface area contributed by atoms with Crippen LogP contribution in [0.3, 0.4) is 0 Å². The van der Waals surface area contributed by atoms with E-state index in [0.717, 1.165) is 64.7 Å². The second-order valence-electron chi connectivity index (χ2n) is 13.8. The number of rotatable bonds is 7. The van der Waals surface area contributed by atoms with E-state index in [4.69, 9.17) is 19.2 Å². The summed E-state index contributed by atoms with van der Waals surface area (Å²) < 4.78 is 21.4. The Morgan fingerprint density at radius 2 is 1.76 bits per heavy atom. The van der Waals surface area contributed by atoms with Gasteiger partial charge in [0.15, 0.2) is 5.69 Å². The van der Waals surface area contributed by atoms with Crippen molar-refractivity contribution in [2.24, 2.45) is 0 Å². The molecule has 0 spiro atoms. The highest BCUT2D eigenvalue weighted by Crippen LogP contribution is 2.48. The van der Waals surface area contributed by atoms with E-state index in [0.29, 0.717) is 29.4 Å². The molecule has 2 fully saturated rings. The number of allylic oxidation sites excluding steroid dienone is 1. The molecule has 46 heavy (non-hydrogen) atoms. The number of imidazole rings is 1. The van der Waals surface area contributed by atoms with Gasteiger partial charge in [-0.15, -0.1) is 0 Å². The largest absolute Gasteiger partial charge is 0.497 e. The lowest BCUT2D eigenvalue weighted by Crippen LogP contribution is -2.23. The average Bonchev–Trinajstić information content (AvgIpc) is 3.74. The Balaban J connectivity index is 1.48. The third kappa shape index (κ3) is 5.52. The first-order valence-corrected chi connectivity index (χ1v) is 16.7. The first kappa shape index (κ1) is 30.3. The second kappa shape index (κ2) is 11.8. The maximum Gasteiger partial charge on any atom is 0.357 e. The molecule has 3 aliphatic rings. The van der Waals surface area contributed by atoms with Gasteiger partial charge >= 0.3 is 11.9 Å². The summed E-state index contributed by atoms with van der Waals surface area (Å²) in [4.78, 5) is 31.7. The predicted octanol–water partition coefficient (Wildman–Crippen LogP) is 8.58. The van der Waals surface area contributed by atoms with E-state index >= 15 is 0 Å². The highest BCUT2D eigenvalue weighted by molar-refractivity contribution is 6.03. The molecule has 240 valence electrons. The van der Waals surface area contributed by atoms with E-state index < -0.39 is 5.60 Å². The number of methoxy groups -OCH3 is 1. The third-order valence-electron chi connectivity index (χ3n) is 9.43. The molecule has 0 bridgehead atoms. The molecule has 0 amide bonds. The summed E-state index contributed by atoms with van der Waals surface area (Å²) in [6.07, 6.45) is 11.9. The molecule has 2 saturated carbocycles. The number of carbonyl (C=O) groups excluding carboxylic acids is 2. The third-order valence-corrected chi connectivity index (χ3v) is 9.43. The van der Waals surface area contributed by atoms with Crippen LogP contribution in [0.1, 0.15) is 122 Å². The van der Waals surface area contributed by atoms with Crippen LogP contribution in [0.25, 0.3) is 33.8 Å². The Hall–Kier alpha value is -4.33. The minimum Gasteiger partial charge on any atom is -0.497 e. The number of aromatic nitrogens is 3. The van der Waals surface area contributed by atoms with Crippen LogP contribution >= 0.6 is 0 Å². The number of hydrogen-bond acceptors (Lipinski definition) is 6. The van der Waals surface area contributed by atoms with E-state index in [-0.39, 0.29) is 24.6 Å². The summed E-state index contributed by atoms with van der Waals surface area (Å²) in [6.45, 7) is 8.25. The molecule has 7 rings (SSSR count). The van der Waals surface area contributed by atoms with Gasteiger partial charge in [-0.2, -0.15) is 0 Å². The van der Waals surface area contributed by atoms with Crippen molar-refractivity contribution in [3.63, 3.8) is 0 Å². The van der Waals surface area contributed by atoms with Crippen molar-refractivity contribution in [3.05, 3.63) is 70.8 Å². The highest BCUT2D eigenvalue weighted by atomic mass is 16.6. The van der Waals surface area contributed by atoms with Gasteiger partial charge in [-0.25, -0.2) is 14.6 Å². The van der Waals surface area contributed by atoms with Crippen LogP contribution < -0.4 is 4.74 Å². The Morgan fingerprint density at radius 1 is 0.978 bits per heavy atom. The summed E-state index contributed by atoms with van der Waals surface area (Å²) in [5.41, 5.74) is 7.55. The van der Waals surface area contributed by atoms with Crippen molar-refractivity contribution in [2.75, 3.05) is 13.7 Å². The lowest BCUT2D eigenvalue weighted by molar-refractivity contribution is 0.00693. The van der Waals surface area contributed by atoms with Gasteiger partial charge in [0.2, 0.25) is 0 Å². The molecule has 2 aromatic heterocycles. The van der Waals surface area contributed by atoms with Crippen LogP contribution in [-0.4, -0.2) is 45.4 Å². The van der Waals surface area contributed by atoms with E-state index in [1.165, 1.54) is 24.8 Å². The monoisotopic (exact) mass is 621 g/mol. The van der Waals surface area contributed by atoms with Crippen molar-refractivity contribution in [2.45, 2.75) is 96.7 Å². The molecule has 0 N–H and O–H groups in total. The molecular weight excluding hydrogens is 578 g/mol. The van der Waals surface area contributed by atoms with Crippen LogP contribution in [0.5, 0.6) is 5.75 Å². The average molecular weight is 622 g/mol. The molecule has 0 unspecified atom stereocenters. The van der Waals surface area contributed by atoms with Gasteiger partial charge in [-0.3, -0.25) is 0 Å². The van der Waals surface area contributed by atoms with Crippen LogP contribution in [0.15, 0.2) is 42.7 Å². The van der Waals surface area contributed by atoms with Gasteiger partial charge < -0.3 is 23.3 Å². The fourth-order valence-electron chi connectivity index (χ4n) is 7.28. The number of fused-ring (bicyclic) bond motifs is 5. The zero-order chi connectivity index (χ0) is 32.2. The van der Waals surface area contributed by atoms with Crippen LogP contribution in [0.2, 0.25) is 0 Å². The van der Waals surface area contributed by atoms with Gasteiger partial charge in [0.25, 0.3) is 0 Å². The standard InChI is InChI=1S/C38H43N3O5/c1-6-45-37(43)35-33(39-22-41(35)27-13-14-27)26-18-25-19-28(44-5)15-17-29(25)34-32(23-10-8-7-9-11-23)30-16-12-24(20-31(30)40(34)21-26)36(42)46-38(2,3)4/h12,15-20,22-23,27H,6-11,13-14,21H2,1-5H3. The molecule has 3 heterocycles. The Morgan fingerprint density at radius 3 is 2.46 bits per heavy atom. The van der Waals surface area contributed by atoms with Crippen molar-refractivity contribution in [1.82, 2.24) is 14.1 Å². The predicted molar refractivity (Wildman–Crippen MR) is 179 cm³/mol. The Bertz CT molecular complexity index is 1860. The topological polar surface area (TPSA) is 84.6 Å². The van der Waals surface area contributed by atoms with Crippen LogP contribution in [0.4, 0.5) is 0 Å². The quantitative estimate of drug-likeness (QED) is 0.192. The van der Waals surface area contributed by atoms with Crippen molar-refractivity contribution in [1.29, 1.82) is 0 Å². The number of carbonyl (C=O) groups is 2. The zero-order valence-corrected chi connectivity index (χ0v) is 27.5. The molecule has 0 radical (unpaired) electrons. The van der Waals surface area contributed by atoms with Gasteiger partial charge in [-0.1, -0.05) is 25.3 Å². The van der Waals surface area contributed by atoms with Gasteiger partial charge in [0.05, 0.1) is 37.8 Å². The molecule has 8 heteroatoms. The maximum absolute atomic E-state index is 13.5. The van der Waals surface area contributed by atoms with E-state index in [1.54, 1.807) is 13.4 Å². The summed E-state index contributed by atoms with van der Waals surface area (Å²) in [6, 6.07) is 12.5. The Labute approximate surface area is 270 Å².